The Morgan fingerprint density at radius 1 is 1.36 bits per heavy atom. The smallest absolute Gasteiger partial charge is 0.406 e. The van der Waals surface area contributed by atoms with Crippen LogP contribution in [0.1, 0.15) is 6.42 Å². The Kier molecular flexibility index (Phi) is 4.59. The molecular formula is C12H10F3N3O3S. The molecule has 10 heteroatoms. The summed E-state index contributed by atoms with van der Waals surface area (Å²) in [6.07, 6.45) is -4.90. The number of thioether (sulfide) groups is 1. The number of carbonyl (C=O) groups is 2. The number of nitrogens with zero attached hydrogens (tertiary/aromatic N) is 1. The van der Waals surface area contributed by atoms with Crippen molar-refractivity contribution < 1.29 is 27.5 Å². The second kappa shape index (κ2) is 6.26. The summed E-state index contributed by atoms with van der Waals surface area (Å²) >= 11 is 0.994. The van der Waals surface area contributed by atoms with E-state index >= 15 is 0 Å². The van der Waals surface area contributed by atoms with Gasteiger partial charge in [0.05, 0.1) is 0 Å². The number of rotatable bonds is 4. The van der Waals surface area contributed by atoms with Crippen molar-refractivity contribution in [3.8, 4) is 5.75 Å². The zero-order valence-corrected chi connectivity index (χ0v) is 11.7. The average Bonchev–Trinajstić information content (AvgIpc) is 2.68. The fraction of sp³-hybridized carbons (Fsp3) is 0.250. The van der Waals surface area contributed by atoms with Crippen molar-refractivity contribution in [2.45, 2.75) is 18.0 Å². The zero-order chi connectivity index (χ0) is 16.3. The molecule has 1 heterocycles. The number of aliphatic imine (C=N–C) groups is 1. The first-order valence-corrected chi connectivity index (χ1v) is 6.81. The molecule has 1 aromatic rings. The van der Waals surface area contributed by atoms with E-state index in [9.17, 15) is 22.8 Å². The number of amides is 2. The maximum Gasteiger partial charge on any atom is 0.573 e. The number of nitrogens with two attached hydrogens (primary N) is 1. The van der Waals surface area contributed by atoms with Gasteiger partial charge in [0.2, 0.25) is 5.91 Å². The highest BCUT2D eigenvalue weighted by Gasteiger charge is 2.31. The van der Waals surface area contributed by atoms with E-state index in [1.165, 1.54) is 12.1 Å². The van der Waals surface area contributed by atoms with Gasteiger partial charge in [-0.05, 0) is 24.3 Å². The Morgan fingerprint density at radius 3 is 2.50 bits per heavy atom. The minimum Gasteiger partial charge on any atom is -0.406 e. The van der Waals surface area contributed by atoms with Crippen molar-refractivity contribution in [1.29, 1.82) is 0 Å². The lowest BCUT2D eigenvalue weighted by atomic mass is 10.2. The molecule has 2 rings (SSSR count). The maximum atomic E-state index is 12.0. The van der Waals surface area contributed by atoms with Crippen LogP contribution in [0.3, 0.4) is 0 Å². The van der Waals surface area contributed by atoms with E-state index in [1.807, 2.05) is 0 Å². The van der Waals surface area contributed by atoms with Gasteiger partial charge in [-0.1, -0.05) is 11.8 Å². The van der Waals surface area contributed by atoms with Gasteiger partial charge < -0.3 is 15.8 Å². The molecule has 0 bridgehead atoms. The SMILES string of the molecule is NC1=NC(=O)[C@@H](CC(=O)Nc2ccc(OC(F)(F)F)cc2)S1. The number of hydrogen-bond acceptors (Lipinski definition) is 5. The van der Waals surface area contributed by atoms with Crippen LogP contribution in [-0.2, 0) is 9.59 Å². The number of ether oxygens (including phenoxy) is 1. The number of carbonyl (C=O) groups excluding carboxylic acids is 2. The van der Waals surface area contributed by atoms with Crippen LogP contribution in [0.2, 0.25) is 0 Å². The highest BCUT2D eigenvalue weighted by atomic mass is 32.2. The van der Waals surface area contributed by atoms with Crippen LogP contribution >= 0.6 is 11.8 Å². The zero-order valence-electron chi connectivity index (χ0n) is 10.9. The first kappa shape index (κ1) is 16.1. The van der Waals surface area contributed by atoms with E-state index in [-0.39, 0.29) is 17.3 Å². The lowest BCUT2D eigenvalue weighted by Crippen LogP contribution is -2.21. The van der Waals surface area contributed by atoms with E-state index in [0.29, 0.717) is 0 Å². The summed E-state index contributed by atoms with van der Waals surface area (Å²) in [6.45, 7) is 0. The van der Waals surface area contributed by atoms with Crippen LogP contribution in [0, 0.1) is 0 Å². The fourth-order valence-corrected chi connectivity index (χ4v) is 2.47. The molecule has 0 radical (unpaired) electrons. The molecular weight excluding hydrogens is 323 g/mol. The number of hydrogen-bond donors (Lipinski definition) is 2. The minimum atomic E-state index is -4.77. The first-order chi connectivity index (χ1) is 10.2. The van der Waals surface area contributed by atoms with Crippen LogP contribution in [0.4, 0.5) is 18.9 Å². The van der Waals surface area contributed by atoms with Gasteiger partial charge in [-0.2, -0.15) is 4.99 Å². The standard InChI is InChI=1S/C12H10F3N3O3S/c13-12(14,15)21-7-3-1-6(2-4-7)17-9(19)5-8-10(20)18-11(16)22-8/h1-4,8H,5H2,(H,17,19)(H2,16,18,20)/t8-/m1/s1. The predicted molar refractivity (Wildman–Crippen MR) is 74.4 cm³/mol. The molecule has 3 N–H and O–H groups in total. The first-order valence-electron chi connectivity index (χ1n) is 5.93. The molecule has 1 aliphatic heterocycles. The number of amidine groups is 1. The normalized spacial score (nSPS) is 18.0. The Balaban J connectivity index is 1.88. The van der Waals surface area contributed by atoms with Gasteiger partial charge >= 0.3 is 6.36 Å². The maximum absolute atomic E-state index is 12.0. The van der Waals surface area contributed by atoms with E-state index in [0.717, 1.165) is 23.9 Å². The topological polar surface area (TPSA) is 93.8 Å². The molecule has 0 fully saturated rings. The number of nitrogens with one attached hydrogen (secondary N) is 1. The average molecular weight is 333 g/mol. The van der Waals surface area contributed by atoms with Crippen molar-refractivity contribution in [2.75, 3.05) is 5.32 Å². The summed E-state index contributed by atoms with van der Waals surface area (Å²) in [5.74, 6) is -1.35. The third-order valence-electron chi connectivity index (χ3n) is 2.50. The molecule has 22 heavy (non-hydrogen) atoms. The Morgan fingerprint density at radius 2 is 2.00 bits per heavy atom. The molecule has 6 nitrogen and oxygen atoms in total. The number of alkyl halides is 3. The molecule has 0 saturated carbocycles. The highest BCUT2D eigenvalue weighted by Crippen LogP contribution is 2.25. The van der Waals surface area contributed by atoms with Crippen molar-refractivity contribution in [2.24, 2.45) is 10.7 Å². The van der Waals surface area contributed by atoms with Crippen LogP contribution in [-0.4, -0.2) is 28.6 Å². The predicted octanol–water partition coefficient (Wildman–Crippen LogP) is 1.87. The summed E-state index contributed by atoms with van der Waals surface area (Å²) in [6, 6.07) is 4.65. The van der Waals surface area contributed by atoms with Crippen molar-refractivity contribution in [1.82, 2.24) is 0 Å². The van der Waals surface area contributed by atoms with E-state index in [4.69, 9.17) is 5.73 Å². The Labute approximate surface area is 126 Å². The summed E-state index contributed by atoms with van der Waals surface area (Å²) in [5, 5.41) is 1.90. The molecule has 118 valence electrons. The molecule has 1 aromatic carbocycles. The fourth-order valence-electron chi connectivity index (χ4n) is 1.65. The highest BCUT2D eigenvalue weighted by molar-refractivity contribution is 8.15. The molecule has 0 saturated heterocycles. The van der Waals surface area contributed by atoms with Gasteiger partial charge in [0.15, 0.2) is 5.17 Å². The van der Waals surface area contributed by atoms with Crippen LogP contribution in [0.5, 0.6) is 5.75 Å². The van der Waals surface area contributed by atoms with E-state index < -0.39 is 29.2 Å². The van der Waals surface area contributed by atoms with Crippen LogP contribution < -0.4 is 15.8 Å². The van der Waals surface area contributed by atoms with Gasteiger partial charge in [-0.25, -0.2) is 0 Å². The minimum absolute atomic E-state index is 0.108. The van der Waals surface area contributed by atoms with Gasteiger partial charge in [0.25, 0.3) is 5.91 Å². The second-order valence-corrected chi connectivity index (χ2v) is 5.44. The summed E-state index contributed by atoms with van der Waals surface area (Å²) in [5.41, 5.74) is 5.65. The summed E-state index contributed by atoms with van der Waals surface area (Å²) in [7, 11) is 0. The summed E-state index contributed by atoms with van der Waals surface area (Å²) in [4.78, 5) is 26.6. The third kappa shape index (κ3) is 4.65. The van der Waals surface area contributed by atoms with E-state index in [1.54, 1.807) is 0 Å². The lowest BCUT2D eigenvalue weighted by Gasteiger charge is -2.10. The Bertz CT molecular complexity index is 616. The van der Waals surface area contributed by atoms with Crippen molar-refractivity contribution in [3.05, 3.63) is 24.3 Å². The Hall–Kier alpha value is -2.23. The largest absolute Gasteiger partial charge is 0.573 e. The van der Waals surface area contributed by atoms with Crippen LogP contribution in [0.15, 0.2) is 29.3 Å². The van der Waals surface area contributed by atoms with Gasteiger partial charge in [-0.3, -0.25) is 9.59 Å². The van der Waals surface area contributed by atoms with Gasteiger partial charge in [-0.15, -0.1) is 13.2 Å². The van der Waals surface area contributed by atoms with E-state index in [2.05, 4.69) is 15.0 Å². The monoisotopic (exact) mass is 333 g/mol. The van der Waals surface area contributed by atoms with Gasteiger partial charge in [0, 0.05) is 12.1 Å². The molecule has 0 spiro atoms. The van der Waals surface area contributed by atoms with Gasteiger partial charge in [0.1, 0.15) is 11.0 Å². The summed E-state index contributed by atoms with van der Waals surface area (Å²) < 4.78 is 39.7. The van der Waals surface area contributed by atoms with Crippen LogP contribution in [0.25, 0.3) is 0 Å². The quantitative estimate of drug-likeness (QED) is 0.877. The van der Waals surface area contributed by atoms with Crippen molar-refractivity contribution >= 4 is 34.4 Å². The number of benzene rings is 1. The number of anilines is 1. The lowest BCUT2D eigenvalue weighted by molar-refractivity contribution is -0.274. The third-order valence-corrected chi connectivity index (χ3v) is 3.49. The molecule has 2 amide bonds. The number of halogens is 3. The molecule has 1 aliphatic rings. The molecule has 0 aliphatic carbocycles. The molecule has 1 atom stereocenters. The molecule has 0 unspecified atom stereocenters. The van der Waals surface area contributed by atoms with Crippen molar-refractivity contribution in [3.63, 3.8) is 0 Å². The molecule has 0 aromatic heterocycles. The second-order valence-electron chi connectivity index (χ2n) is 4.22.